The number of aromatic nitrogens is 1. The van der Waals surface area contributed by atoms with Crippen LogP contribution in [-0.2, 0) is 80.0 Å². The van der Waals surface area contributed by atoms with Crippen molar-refractivity contribution in [2.24, 2.45) is 29.6 Å². The monoisotopic (exact) mass is 1830 g/mol. The molecule has 0 bridgehead atoms. The van der Waals surface area contributed by atoms with Crippen LogP contribution in [0.4, 0.5) is 39.5 Å². The van der Waals surface area contributed by atoms with Crippen LogP contribution in [0.25, 0.3) is 0 Å². The summed E-state index contributed by atoms with van der Waals surface area (Å²) in [4.78, 5) is 127. The Bertz CT molecular complexity index is 5660. The van der Waals surface area contributed by atoms with E-state index in [1.54, 1.807) is 0 Å². The van der Waals surface area contributed by atoms with Crippen LogP contribution in [0.15, 0.2) is 188 Å². The fraction of sp³-hybridized carbons (Fsp3) is 0.330. The zero-order chi connectivity index (χ0) is 96.0. The molecule has 5 amide bonds. The topological polar surface area (TPSA) is 290 Å². The molecule has 5 aliphatic heterocycles. The molecule has 15 rings (SSSR count). The number of nitrogens with one attached hydrogen (secondary N) is 5. The molecule has 5 fully saturated rings. The predicted octanol–water partition coefficient (Wildman–Crippen LogP) is 15.5. The third kappa shape index (κ3) is 26.3. The summed E-state index contributed by atoms with van der Waals surface area (Å²) in [6.07, 6.45) is 2.38. The third-order valence-corrected chi connectivity index (χ3v) is 24.2. The second-order valence-electron chi connectivity index (χ2n) is 33.6. The maximum absolute atomic E-state index is 14.4. The maximum Gasteiger partial charge on any atom is 0.224 e. The molecule has 9 aromatic carbocycles. The first-order valence-corrected chi connectivity index (χ1v) is 43.2. The molecule has 1 aromatic heterocycles. The zero-order valence-electron chi connectivity index (χ0n) is 74.8. The quantitative estimate of drug-likeness (QED) is 0.0261. The minimum Gasteiger partial charge on any atom is -0.497 e. The number of ketones is 5. The Labute approximate surface area is 764 Å². The van der Waals surface area contributed by atoms with Crippen molar-refractivity contribution in [3.63, 3.8) is 0 Å². The summed E-state index contributed by atoms with van der Waals surface area (Å²) in [5.74, 6) is -15.6. The van der Waals surface area contributed by atoms with Crippen molar-refractivity contribution in [1.29, 1.82) is 0 Å². The summed E-state index contributed by atoms with van der Waals surface area (Å²) in [6.45, 7) is 8.67. The van der Waals surface area contributed by atoms with Crippen LogP contribution >= 0.6 is 0 Å². The summed E-state index contributed by atoms with van der Waals surface area (Å²) >= 11 is 0. The number of Topliss-reactive ketones (excluding diaryl/α,β-unsaturated/α-hetero) is 5. The molecule has 0 radical (unpaired) electrons. The lowest BCUT2D eigenvalue weighted by molar-refractivity contribution is -0.127. The molecule has 5 aliphatic rings. The van der Waals surface area contributed by atoms with Crippen LogP contribution in [0.3, 0.4) is 0 Å². The Morgan fingerprint density at radius 1 is 0.293 bits per heavy atom. The number of hydrogen-bond acceptors (Lipinski definition) is 16. The summed E-state index contributed by atoms with van der Waals surface area (Å²) in [5, 5.41) is 13.3. The van der Waals surface area contributed by atoms with E-state index in [1.807, 2.05) is 155 Å². The molecule has 21 nitrogen and oxygen atoms in total. The zero-order valence-corrected chi connectivity index (χ0v) is 74.8. The molecule has 133 heavy (non-hydrogen) atoms. The molecule has 10 atom stereocenters. The molecule has 6 heterocycles. The number of benzene rings is 9. The second-order valence-corrected chi connectivity index (χ2v) is 33.6. The van der Waals surface area contributed by atoms with E-state index < -0.39 is 117 Å². The highest BCUT2D eigenvalue weighted by Crippen LogP contribution is 2.42. The van der Waals surface area contributed by atoms with Gasteiger partial charge in [0.1, 0.15) is 92.6 Å². The minimum absolute atomic E-state index is 0.0274. The average Bonchev–Trinajstić information content (AvgIpc) is 1.68. The van der Waals surface area contributed by atoms with Gasteiger partial charge in [-0.25, -0.2) is 39.5 Å². The lowest BCUT2D eigenvalue weighted by atomic mass is 9.84. The van der Waals surface area contributed by atoms with Gasteiger partial charge in [0.05, 0.1) is 77.0 Å². The largest absolute Gasteiger partial charge is 0.497 e. The van der Waals surface area contributed by atoms with E-state index in [9.17, 15) is 87.5 Å². The number of ether oxygens (including phenoxy) is 5. The molecule has 5 N–H and O–H groups in total. The summed E-state index contributed by atoms with van der Waals surface area (Å²) in [5.41, 5.74) is 8.73. The first-order chi connectivity index (χ1) is 63.6. The van der Waals surface area contributed by atoms with Gasteiger partial charge in [0.2, 0.25) is 29.5 Å². The Morgan fingerprint density at radius 3 is 0.797 bits per heavy atom. The van der Waals surface area contributed by atoms with Crippen molar-refractivity contribution >= 4 is 58.5 Å². The lowest BCUT2D eigenvalue weighted by Gasteiger charge is -2.18. The number of methoxy groups -OCH3 is 5. The second kappa shape index (κ2) is 46.3. The third-order valence-electron chi connectivity index (χ3n) is 24.2. The molecule has 30 heteroatoms. The molecule has 10 aromatic rings. The van der Waals surface area contributed by atoms with E-state index in [2.05, 4.69) is 31.6 Å². The number of nitrogens with zero attached hydrogens (tertiary/aromatic N) is 1. The van der Waals surface area contributed by atoms with Crippen molar-refractivity contribution in [1.82, 2.24) is 31.6 Å². The van der Waals surface area contributed by atoms with Gasteiger partial charge in [0.15, 0.2) is 17.4 Å². The molecular weight excluding hydrogens is 1730 g/mol. The van der Waals surface area contributed by atoms with Crippen LogP contribution in [0.5, 0.6) is 28.7 Å². The molecular formula is C103H103F9N6O15. The molecule has 0 unspecified atom stereocenters. The molecule has 0 aliphatic carbocycles. The molecule has 5 saturated heterocycles. The highest BCUT2D eigenvalue weighted by atomic mass is 19.2. The highest BCUT2D eigenvalue weighted by Gasteiger charge is 2.45. The van der Waals surface area contributed by atoms with Crippen molar-refractivity contribution in [2.45, 2.75) is 121 Å². The van der Waals surface area contributed by atoms with E-state index in [1.165, 1.54) is 59.9 Å². The van der Waals surface area contributed by atoms with Gasteiger partial charge in [-0.2, -0.15) is 0 Å². The van der Waals surface area contributed by atoms with Crippen molar-refractivity contribution < 1.29 is 111 Å². The standard InChI is InChI=1S/3C21H21F2NO3.C20H19F2NO3.C20H21FN2O3/c1-12-3-5-13(6-4-12)7-15(25)10-16-17(11-24-21(16)26)14-8-18(22)20(27-2)19(23)9-14;2*1-12-3-5-13(6-4-12)7-14(25)8-16-17(11-24-21(16)26)20-18(22)9-15(27-2)10-19(20)23;1-26-14-9-17(21)19(18(22)10-14)16-11-23-20(25)15(16)8-13(24)7-12-5-3-2-4-6-12;1-12-3-5-13(6-4-12)7-14(24)8-16-17(11-23-20(16)25)19-18(21)9-15(26-2)10-22-19/h3-6,8-9,16-17H,7,10-11H2,1-2H3,(H,24,26);2*3-6,9-10,16-17H,7-8,11H2,1-2H3,(H,24,26);2-6,9-10,15-16H,7-8,11H2,1H3,(H,23,25);3-6,9-10,16-17H,7-8,11H2,1-2H3,(H,23,25)/t16-,17-;2*16-,17+;15-,16+;16-,17+/m00000/s1. The number of halogens is 9. The number of carbonyl (C=O) groups excluding carboxylic acids is 10. The van der Waals surface area contributed by atoms with Crippen LogP contribution in [0.2, 0.25) is 0 Å². The number of pyridine rings is 1. The van der Waals surface area contributed by atoms with E-state index in [0.717, 1.165) is 86.5 Å². The normalized spacial score (nSPS) is 19.1. The SMILES string of the molecule is COc1c(F)cc([C@@H]2CNC(=O)[C@H]2CC(=O)Cc2ccc(C)cc2)cc1F.COc1cc(F)c([C@@H]2CNC(=O)[C@H]2CC(=O)Cc2ccc(C)cc2)c(F)c1.COc1cc(F)c([C@@H]2CNC(=O)[C@H]2CC(=O)Cc2ccc(C)cc2)c(F)c1.COc1cc(F)c([C@@H]2CNC(=O)[C@H]2CC(=O)Cc2ccccc2)c(F)c1.COc1cnc([C@@H]2CNC(=O)[C@H]2CC(=O)Cc2ccc(C)cc2)c(F)c1. The smallest absolute Gasteiger partial charge is 0.224 e. The summed E-state index contributed by atoms with van der Waals surface area (Å²) < 4.78 is 153. The Hall–Kier alpha value is -13.8. The van der Waals surface area contributed by atoms with Crippen molar-refractivity contribution in [2.75, 3.05) is 68.3 Å². The molecule has 0 saturated carbocycles. The van der Waals surface area contributed by atoms with Crippen LogP contribution in [-0.4, -0.2) is 132 Å². The van der Waals surface area contributed by atoms with E-state index in [0.29, 0.717) is 11.3 Å². The van der Waals surface area contributed by atoms with Gasteiger partial charge >= 0.3 is 0 Å². The highest BCUT2D eigenvalue weighted by molar-refractivity contribution is 5.94. The van der Waals surface area contributed by atoms with Crippen LogP contribution < -0.4 is 50.3 Å². The van der Waals surface area contributed by atoms with Gasteiger partial charge in [0, 0.05) is 186 Å². The van der Waals surface area contributed by atoms with Gasteiger partial charge in [0.25, 0.3) is 0 Å². The van der Waals surface area contributed by atoms with Gasteiger partial charge in [-0.1, -0.05) is 150 Å². The van der Waals surface area contributed by atoms with Gasteiger partial charge in [-0.3, -0.25) is 52.9 Å². The average molecular weight is 1840 g/mol. The molecule has 698 valence electrons. The fourth-order valence-corrected chi connectivity index (χ4v) is 17.1. The van der Waals surface area contributed by atoms with E-state index >= 15 is 0 Å². The maximum atomic E-state index is 14.4. The first kappa shape index (κ1) is 99.8. The number of amides is 5. The van der Waals surface area contributed by atoms with E-state index in [4.69, 9.17) is 23.7 Å². The number of carbonyl (C=O) groups is 10. The van der Waals surface area contributed by atoms with Gasteiger partial charge in [-0.05, 0) is 73.2 Å². The van der Waals surface area contributed by atoms with Gasteiger partial charge in [-0.15, -0.1) is 0 Å². The number of rotatable bonds is 30. The summed E-state index contributed by atoms with van der Waals surface area (Å²) in [7, 11) is 6.58. The number of hydrogen-bond donors (Lipinski definition) is 5. The fourth-order valence-electron chi connectivity index (χ4n) is 17.1. The lowest BCUT2D eigenvalue weighted by Crippen LogP contribution is -2.23. The van der Waals surface area contributed by atoms with Crippen LogP contribution in [0.1, 0.15) is 140 Å². The van der Waals surface area contributed by atoms with E-state index in [-0.39, 0.29) is 195 Å². The molecule has 0 spiro atoms. The number of aryl methyl sites for hydroxylation is 4. The summed E-state index contributed by atoms with van der Waals surface area (Å²) in [6, 6.07) is 49.7. The Kier molecular flexibility index (Phi) is 34.8. The van der Waals surface area contributed by atoms with Gasteiger partial charge < -0.3 is 50.3 Å². The van der Waals surface area contributed by atoms with Crippen molar-refractivity contribution in [3.8, 4) is 28.7 Å². The Morgan fingerprint density at radius 2 is 0.534 bits per heavy atom. The minimum atomic E-state index is -0.823. The first-order valence-electron chi connectivity index (χ1n) is 43.2. The van der Waals surface area contributed by atoms with Crippen molar-refractivity contribution in [3.05, 3.63) is 319 Å². The van der Waals surface area contributed by atoms with Crippen LogP contribution in [0, 0.1) is 110 Å². The Balaban J connectivity index is 0.000000160. The predicted molar refractivity (Wildman–Crippen MR) is 476 cm³/mol.